The van der Waals surface area contributed by atoms with Crippen LogP contribution in [-0.2, 0) is 23.9 Å². The maximum atomic E-state index is 13.6. The Morgan fingerprint density at radius 2 is 2.03 bits per heavy atom. The van der Waals surface area contributed by atoms with E-state index in [2.05, 4.69) is 5.32 Å². The number of Topliss-reactive ketones (excluding diaryl/α,β-unsaturated/α-hetero) is 1. The van der Waals surface area contributed by atoms with Crippen molar-refractivity contribution < 1.29 is 23.9 Å². The molecule has 4 atom stereocenters. The summed E-state index contributed by atoms with van der Waals surface area (Å²) >= 11 is 6.25. The molecule has 1 aromatic carbocycles. The van der Waals surface area contributed by atoms with Crippen molar-refractivity contribution in [3.8, 4) is 0 Å². The molecule has 0 saturated carbocycles. The summed E-state index contributed by atoms with van der Waals surface area (Å²) < 4.78 is 10.5. The molecule has 1 N–H and O–H groups in total. The van der Waals surface area contributed by atoms with Gasteiger partial charge in [0.2, 0.25) is 0 Å². The van der Waals surface area contributed by atoms with E-state index in [1.165, 1.54) is 7.11 Å². The molecular formula is C24H28ClNO5. The van der Waals surface area contributed by atoms with E-state index in [0.29, 0.717) is 40.3 Å². The number of esters is 2. The molecule has 0 saturated heterocycles. The third-order valence-corrected chi connectivity index (χ3v) is 6.26. The zero-order valence-corrected chi connectivity index (χ0v) is 19.2. The van der Waals surface area contributed by atoms with Crippen LogP contribution in [0.2, 0.25) is 5.02 Å². The third kappa shape index (κ3) is 4.40. The molecular weight excluding hydrogens is 418 g/mol. The molecule has 0 fully saturated rings. The fourth-order valence-corrected chi connectivity index (χ4v) is 4.50. The van der Waals surface area contributed by atoms with E-state index in [1.807, 2.05) is 26.8 Å². The molecule has 1 aromatic rings. The first-order chi connectivity index (χ1) is 14.7. The van der Waals surface area contributed by atoms with Crippen LogP contribution in [0.3, 0.4) is 0 Å². The van der Waals surface area contributed by atoms with Gasteiger partial charge in [-0.1, -0.05) is 37.6 Å². The van der Waals surface area contributed by atoms with Gasteiger partial charge in [-0.3, -0.25) is 9.59 Å². The molecule has 1 heterocycles. The van der Waals surface area contributed by atoms with E-state index in [4.69, 9.17) is 21.1 Å². The van der Waals surface area contributed by atoms with Gasteiger partial charge in [-0.05, 0) is 50.3 Å². The fraction of sp³-hybridized carbons (Fsp3) is 0.458. The molecule has 0 amide bonds. The van der Waals surface area contributed by atoms with Crippen molar-refractivity contribution in [3.63, 3.8) is 0 Å². The summed E-state index contributed by atoms with van der Waals surface area (Å²) in [6.07, 6.45) is 0.888. The lowest BCUT2D eigenvalue weighted by Gasteiger charge is -2.38. The molecule has 7 heteroatoms. The van der Waals surface area contributed by atoms with Gasteiger partial charge in [-0.25, -0.2) is 4.79 Å². The van der Waals surface area contributed by atoms with Crippen LogP contribution in [0.15, 0.2) is 46.8 Å². The summed E-state index contributed by atoms with van der Waals surface area (Å²) in [6.45, 7) is 7.41. The topological polar surface area (TPSA) is 81.7 Å². The summed E-state index contributed by atoms with van der Waals surface area (Å²) in [5.74, 6) is -3.22. The maximum Gasteiger partial charge on any atom is 0.337 e. The normalized spacial score (nSPS) is 24.3. The number of carbonyl (C=O) groups excluding carboxylic acids is 3. The van der Waals surface area contributed by atoms with Gasteiger partial charge in [-0.15, -0.1) is 0 Å². The number of methoxy groups -OCH3 is 1. The predicted octanol–water partition coefficient (Wildman–Crippen LogP) is 4.29. The number of nitrogens with one attached hydrogen (secondary N) is 1. The number of hydrogen-bond acceptors (Lipinski definition) is 6. The summed E-state index contributed by atoms with van der Waals surface area (Å²) in [5.41, 5.74) is 2.81. The molecule has 0 bridgehead atoms. The van der Waals surface area contributed by atoms with Crippen molar-refractivity contribution in [3.05, 3.63) is 57.4 Å². The zero-order chi connectivity index (χ0) is 22.9. The quantitative estimate of drug-likeness (QED) is 0.537. The molecule has 1 aliphatic heterocycles. The average molecular weight is 446 g/mol. The lowest BCUT2D eigenvalue weighted by atomic mass is 9.69. The van der Waals surface area contributed by atoms with Crippen LogP contribution >= 0.6 is 11.6 Å². The van der Waals surface area contributed by atoms with Crippen LogP contribution in [0.4, 0.5) is 0 Å². The van der Waals surface area contributed by atoms with Crippen molar-refractivity contribution in [2.45, 2.75) is 52.6 Å². The maximum absolute atomic E-state index is 13.6. The van der Waals surface area contributed by atoms with Gasteiger partial charge in [0.05, 0.1) is 18.8 Å². The average Bonchev–Trinajstić information content (AvgIpc) is 2.72. The number of rotatable bonds is 5. The number of ether oxygens (including phenoxy) is 2. The van der Waals surface area contributed by atoms with Gasteiger partial charge in [0.15, 0.2) is 5.78 Å². The number of carbonyl (C=O) groups is 3. The minimum atomic E-state index is -0.919. The second kappa shape index (κ2) is 9.27. The number of ketones is 1. The Hall–Kier alpha value is -2.60. The van der Waals surface area contributed by atoms with Crippen molar-refractivity contribution in [1.29, 1.82) is 0 Å². The molecule has 0 radical (unpaired) electrons. The highest BCUT2D eigenvalue weighted by Crippen LogP contribution is 2.45. The smallest absolute Gasteiger partial charge is 0.337 e. The van der Waals surface area contributed by atoms with Crippen molar-refractivity contribution in [2.24, 2.45) is 11.8 Å². The number of halogens is 1. The molecule has 0 spiro atoms. The molecule has 2 aliphatic rings. The highest BCUT2D eigenvalue weighted by atomic mass is 35.5. The van der Waals surface area contributed by atoms with Crippen LogP contribution in [0.1, 0.15) is 52.0 Å². The Bertz CT molecular complexity index is 980. The largest absolute Gasteiger partial charge is 0.468 e. The molecule has 0 unspecified atom stereocenters. The number of allylic oxidation sites excluding steroid dienone is 3. The SMILES string of the molecule is CC[C@H](C)OC(=O)C1=C(C)NC2=C(C(=O)[C@H](C(=O)OC)[C@H](C)C2)[C@@H]1c1cccc(Cl)c1. The Balaban J connectivity index is 2.17. The molecule has 166 valence electrons. The summed E-state index contributed by atoms with van der Waals surface area (Å²) in [7, 11) is 1.28. The third-order valence-electron chi connectivity index (χ3n) is 6.03. The van der Waals surface area contributed by atoms with E-state index < -0.39 is 23.8 Å². The van der Waals surface area contributed by atoms with Gasteiger partial charge in [0.1, 0.15) is 5.92 Å². The van der Waals surface area contributed by atoms with Crippen LogP contribution in [-0.4, -0.2) is 30.9 Å². The van der Waals surface area contributed by atoms with Crippen LogP contribution in [0.25, 0.3) is 0 Å². The van der Waals surface area contributed by atoms with Gasteiger partial charge in [-0.2, -0.15) is 0 Å². The molecule has 0 aromatic heterocycles. The van der Waals surface area contributed by atoms with Gasteiger partial charge >= 0.3 is 11.9 Å². The predicted molar refractivity (Wildman–Crippen MR) is 117 cm³/mol. The highest BCUT2D eigenvalue weighted by molar-refractivity contribution is 6.30. The molecule has 1 aliphatic carbocycles. The number of benzene rings is 1. The van der Waals surface area contributed by atoms with Gasteiger partial charge in [0.25, 0.3) is 0 Å². The second-order valence-corrected chi connectivity index (χ2v) is 8.65. The standard InChI is InChI=1S/C24H28ClNO5/c1-6-13(3)31-24(29)19-14(4)26-17-10-12(2)18(23(28)30-5)22(27)21(17)20(19)15-8-7-9-16(25)11-15/h7-9,11-13,18,20,26H,6,10H2,1-5H3/t12-,13+,18-,20-/m1/s1. The second-order valence-electron chi connectivity index (χ2n) is 8.21. The monoisotopic (exact) mass is 445 g/mol. The lowest BCUT2D eigenvalue weighted by Crippen LogP contribution is -2.43. The lowest BCUT2D eigenvalue weighted by molar-refractivity contribution is -0.151. The number of dihydropyridines is 1. The van der Waals surface area contributed by atoms with Crippen molar-refractivity contribution in [2.75, 3.05) is 7.11 Å². The Kier molecular flexibility index (Phi) is 6.90. The van der Waals surface area contributed by atoms with E-state index in [9.17, 15) is 14.4 Å². The summed E-state index contributed by atoms with van der Waals surface area (Å²) in [6, 6.07) is 7.08. The Labute approximate surface area is 187 Å². The minimum Gasteiger partial charge on any atom is -0.468 e. The first-order valence-electron chi connectivity index (χ1n) is 10.5. The Morgan fingerprint density at radius 1 is 1.32 bits per heavy atom. The van der Waals surface area contributed by atoms with Gasteiger partial charge in [0, 0.05) is 27.9 Å². The highest BCUT2D eigenvalue weighted by Gasteiger charge is 2.47. The molecule has 31 heavy (non-hydrogen) atoms. The van der Waals surface area contributed by atoms with Crippen LogP contribution in [0.5, 0.6) is 0 Å². The Morgan fingerprint density at radius 3 is 2.65 bits per heavy atom. The van der Waals surface area contributed by atoms with E-state index in [-0.39, 0.29) is 17.8 Å². The first kappa shape index (κ1) is 23.1. The van der Waals surface area contributed by atoms with Crippen LogP contribution < -0.4 is 5.32 Å². The summed E-state index contributed by atoms with van der Waals surface area (Å²) in [5, 5.41) is 3.74. The van der Waals surface area contributed by atoms with E-state index in [0.717, 1.165) is 5.70 Å². The number of hydrogen-bond donors (Lipinski definition) is 1. The van der Waals surface area contributed by atoms with E-state index >= 15 is 0 Å². The van der Waals surface area contributed by atoms with Crippen molar-refractivity contribution in [1.82, 2.24) is 5.32 Å². The molecule has 3 rings (SSSR count). The van der Waals surface area contributed by atoms with Crippen molar-refractivity contribution >= 4 is 29.3 Å². The van der Waals surface area contributed by atoms with Gasteiger partial charge < -0.3 is 14.8 Å². The molecule has 6 nitrogen and oxygen atoms in total. The first-order valence-corrected chi connectivity index (χ1v) is 10.9. The zero-order valence-electron chi connectivity index (χ0n) is 18.5. The summed E-state index contributed by atoms with van der Waals surface area (Å²) in [4.78, 5) is 39.2. The van der Waals surface area contributed by atoms with E-state index in [1.54, 1.807) is 25.1 Å². The fourth-order valence-electron chi connectivity index (χ4n) is 4.30. The minimum absolute atomic E-state index is 0.229. The van der Waals surface area contributed by atoms with Crippen LogP contribution in [0, 0.1) is 11.8 Å².